The molecule has 2 N–H and O–H groups in total. The van der Waals surface area contributed by atoms with Gasteiger partial charge in [0, 0.05) is 5.69 Å². The molecule has 0 aliphatic heterocycles. The Bertz CT molecular complexity index is 753. The lowest BCUT2D eigenvalue weighted by Crippen LogP contribution is -2.34. The zero-order valence-corrected chi connectivity index (χ0v) is 14.9. The molecule has 0 fully saturated rings. The van der Waals surface area contributed by atoms with Gasteiger partial charge in [0.1, 0.15) is 17.1 Å². The largest absolute Gasteiger partial charge is 0.496 e. The van der Waals surface area contributed by atoms with Crippen LogP contribution in [0.15, 0.2) is 36.4 Å². The maximum absolute atomic E-state index is 12.5. The van der Waals surface area contributed by atoms with Crippen LogP contribution in [0.5, 0.6) is 11.5 Å². The highest BCUT2D eigenvalue weighted by molar-refractivity contribution is 7.80. The van der Waals surface area contributed by atoms with Crippen LogP contribution in [0, 0.1) is 13.8 Å². The Morgan fingerprint density at radius 3 is 2.17 bits per heavy atom. The van der Waals surface area contributed by atoms with E-state index in [-0.39, 0.29) is 5.11 Å². The van der Waals surface area contributed by atoms with E-state index in [2.05, 4.69) is 10.6 Å². The van der Waals surface area contributed by atoms with Crippen LogP contribution in [0.3, 0.4) is 0 Å². The number of thiocarbonyl (C=S) groups is 1. The number of aryl methyl sites for hydroxylation is 2. The van der Waals surface area contributed by atoms with Crippen molar-refractivity contribution < 1.29 is 14.3 Å². The second-order valence-corrected chi connectivity index (χ2v) is 5.65. The van der Waals surface area contributed by atoms with Crippen molar-refractivity contribution in [3.63, 3.8) is 0 Å². The molecule has 0 heterocycles. The Labute approximate surface area is 147 Å². The SMILES string of the molecule is COc1cccc(OC)c1C(=O)NC(=S)Nc1ccc(C)c(C)c1. The van der Waals surface area contributed by atoms with Gasteiger partial charge in [0.15, 0.2) is 5.11 Å². The normalized spacial score (nSPS) is 10.0. The van der Waals surface area contributed by atoms with Crippen molar-refractivity contribution in [2.75, 3.05) is 19.5 Å². The predicted molar refractivity (Wildman–Crippen MR) is 99.1 cm³/mol. The number of carbonyl (C=O) groups excluding carboxylic acids is 1. The molecular formula is C18H20N2O3S. The predicted octanol–water partition coefficient (Wildman–Crippen LogP) is 3.45. The number of rotatable bonds is 4. The highest BCUT2D eigenvalue weighted by atomic mass is 32.1. The van der Waals surface area contributed by atoms with Gasteiger partial charge in [-0.3, -0.25) is 10.1 Å². The minimum absolute atomic E-state index is 0.205. The summed E-state index contributed by atoms with van der Waals surface area (Å²) in [6.45, 7) is 4.05. The fourth-order valence-corrected chi connectivity index (χ4v) is 2.43. The van der Waals surface area contributed by atoms with E-state index in [0.717, 1.165) is 11.3 Å². The van der Waals surface area contributed by atoms with Crippen LogP contribution >= 0.6 is 12.2 Å². The summed E-state index contributed by atoms with van der Waals surface area (Å²) in [5, 5.41) is 5.86. The van der Waals surface area contributed by atoms with Crippen molar-refractivity contribution in [2.45, 2.75) is 13.8 Å². The van der Waals surface area contributed by atoms with Gasteiger partial charge in [-0.2, -0.15) is 0 Å². The molecule has 0 spiro atoms. The molecule has 0 saturated heterocycles. The number of benzene rings is 2. The second-order valence-electron chi connectivity index (χ2n) is 5.24. The molecule has 0 unspecified atom stereocenters. The lowest BCUT2D eigenvalue weighted by molar-refractivity contribution is 0.0971. The van der Waals surface area contributed by atoms with E-state index in [4.69, 9.17) is 21.7 Å². The Kier molecular flexibility index (Phi) is 5.76. The number of methoxy groups -OCH3 is 2. The molecule has 5 nitrogen and oxygen atoms in total. The first-order chi connectivity index (χ1) is 11.5. The minimum Gasteiger partial charge on any atom is -0.496 e. The monoisotopic (exact) mass is 344 g/mol. The highest BCUT2D eigenvalue weighted by Gasteiger charge is 2.19. The Balaban J connectivity index is 2.14. The van der Waals surface area contributed by atoms with Crippen molar-refractivity contribution in [1.29, 1.82) is 0 Å². The standard InChI is InChI=1S/C18H20N2O3S/c1-11-8-9-13(10-12(11)2)19-18(24)20-17(21)16-14(22-3)6-5-7-15(16)23-4/h5-10H,1-4H3,(H2,19,20,21,24). The first-order valence-corrected chi connectivity index (χ1v) is 7.77. The van der Waals surface area contributed by atoms with Gasteiger partial charge in [-0.25, -0.2) is 0 Å². The maximum Gasteiger partial charge on any atom is 0.264 e. The van der Waals surface area contributed by atoms with Gasteiger partial charge in [-0.05, 0) is 61.5 Å². The smallest absolute Gasteiger partial charge is 0.264 e. The maximum atomic E-state index is 12.5. The lowest BCUT2D eigenvalue weighted by Gasteiger charge is -2.14. The molecule has 24 heavy (non-hydrogen) atoms. The minimum atomic E-state index is -0.398. The molecule has 0 aliphatic rings. The van der Waals surface area contributed by atoms with Crippen molar-refractivity contribution in [3.8, 4) is 11.5 Å². The number of hydrogen-bond acceptors (Lipinski definition) is 4. The Hall–Kier alpha value is -2.60. The van der Waals surface area contributed by atoms with Gasteiger partial charge in [0.25, 0.3) is 5.91 Å². The van der Waals surface area contributed by atoms with Crippen molar-refractivity contribution in [2.24, 2.45) is 0 Å². The summed E-state index contributed by atoms with van der Waals surface area (Å²) in [5.74, 6) is 0.437. The number of nitrogens with one attached hydrogen (secondary N) is 2. The summed E-state index contributed by atoms with van der Waals surface area (Å²) in [7, 11) is 2.99. The Morgan fingerprint density at radius 2 is 1.62 bits per heavy atom. The van der Waals surface area contributed by atoms with Crippen molar-refractivity contribution in [3.05, 3.63) is 53.1 Å². The fourth-order valence-electron chi connectivity index (χ4n) is 2.22. The van der Waals surface area contributed by atoms with Gasteiger partial charge in [-0.15, -0.1) is 0 Å². The molecule has 0 saturated carbocycles. The lowest BCUT2D eigenvalue weighted by atomic mass is 10.1. The van der Waals surface area contributed by atoms with Gasteiger partial charge in [0.2, 0.25) is 0 Å². The van der Waals surface area contributed by atoms with Crippen LogP contribution in [0.1, 0.15) is 21.5 Å². The van der Waals surface area contributed by atoms with E-state index in [1.807, 2.05) is 32.0 Å². The summed E-state index contributed by atoms with van der Waals surface area (Å²) in [6.07, 6.45) is 0. The summed E-state index contributed by atoms with van der Waals surface area (Å²) < 4.78 is 10.5. The highest BCUT2D eigenvalue weighted by Crippen LogP contribution is 2.28. The first kappa shape index (κ1) is 17.7. The molecule has 0 bridgehead atoms. The van der Waals surface area contributed by atoms with E-state index < -0.39 is 5.91 Å². The fraction of sp³-hybridized carbons (Fsp3) is 0.222. The van der Waals surface area contributed by atoms with Crippen LogP contribution < -0.4 is 20.1 Å². The van der Waals surface area contributed by atoms with Gasteiger partial charge in [-0.1, -0.05) is 12.1 Å². The van der Waals surface area contributed by atoms with Gasteiger partial charge >= 0.3 is 0 Å². The molecule has 1 amide bonds. The van der Waals surface area contributed by atoms with Crippen molar-refractivity contribution >= 4 is 28.9 Å². The van der Waals surface area contributed by atoms with Crippen LogP contribution in [0.2, 0.25) is 0 Å². The zero-order valence-electron chi connectivity index (χ0n) is 14.1. The topological polar surface area (TPSA) is 59.6 Å². The second kappa shape index (κ2) is 7.79. The van der Waals surface area contributed by atoms with Gasteiger partial charge < -0.3 is 14.8 Å². The molecule has 0 aliphatic carbocycles. The third-order valence-corrected chi connectivity index (χ3v) is 3.85. The summed E-state index contributed by atoms with van der Waals surface area (Å²) in [6, 6.07) is 11.0. The Morgan fingerprint density at radius 1 is 1.00 bits per heavy atom. The van der Waals surface area contributed by atoms with E-state index >= 15 is 0 Å². The summed E-state index contributed by atoms with van der Waals surface area (Å²) >= 11 is 5.22. The third kappa shape index (κ3) is 4.02. The zero-order chi connectivity index (χ0) is 17.7. The van der Waals surface area contributed by atoms with Crippen LogP contribution in [-0.4, -0.2) is 25.2 Å². The summed E-state index contributed by atoms with van der Waals surface area (Å²) in [5.41, 5.74) is 3.44. The molecule has 0 aromatic heterocycles. The average molecular weight is 344 g/mol. The van der Waals surface area contributed by atoms with Crippen LogP contribution in [0.4, 0.5) is 5.69 Å². The van der Waals surface area contributed by atoms with E-state index in [0.29, 0.717) is 17.1 Å². The molecule has 0 radical (unpaired) electrons. The molecule has 2 rings (SSSR count). The summed E-state index contributed by atoms with van der Waals surface area (Å²) in [4.78, 5) is 12.5. The average Bonchev–Trinajstić information content (AvgIpc) is 2.57. The number of amides is 1. The first-order valence-electron chi connectivity index (χ1n) is 7.37. The molecule has 126 valence electrons. The van der Waals surface area contributed by atoms with Crippen molar-refractivity contribution in [1.82, 2.24) is 5.32 Å². The van der Waals surface area contributed by atoms with Crippen LogP contribution in [0.25, 0.3) is 0 Å². The number of anilines is 1. The number of hydrogen-bond donors (Lipinski definition) is 2. The van der Waals surface area contributed by atoms with Gasteiger partial charge in [0.05, 0.1) is 14.2 Å². The van der Waals surface area contributed by atoms with E-state index in [1.54, 1.807) is 18.2 Å². The van der Waals surface area contributed by atoms with E-state index in [9.17, 15) is 4.79 Å². The third-order valence-electron chi connectivity index (χ3n) is 3.65. The molecule has 2 aromatic rings. The van der Waals surface area contributed by atoms with Crippen LogP contribution in [-0.2, 0) is 0 Å². The molecule has 6 heteroatoms. The quantitative estimate of drug-likeness (QED) is 0.832. The molecular weight excluding hydrogens is 324 g/mol. The molecule has 0 atom stereocenters. The number of ether oxygens (including phenoxy) is 2. The van der Waals surface area contributed by atoms with E-state index in [1.165, 1.54) is 19.8 Å². The number of carbonyl (C=O) groups is 1. The molecule has 2 aromatic carbocycles.